The van der Waals surface area contributed by atoms with Gasteiger partial charge in [-0.05, 0) is 26.0 Å². The molecule has 0 bridgehead atoms. The Morgan fingerprint density at radius 3 is 2.38 bits per heavy atom. The molecule has 4 rings (SSSR count). The van der Waals surface area contributed by atoms with Gasteiger partial charge in [0.05, 0.1) is 19.8 Å². The highest BCUT2D eigenvalue weighted by molar-refractivity contribution is 5.97. The number of ether oxygens (including phenoxy) is 2. The second-order valence-electron chi connectivity index (χ2n) is 7.44. The third-order valence-corrected chi connectivity index (χ3v) is 5.44. The number of nitrogens with zero attached hydrogens (tertiary/aromatic N) is 1. The van der Waals surface area contributed by atoms with Gasteiger partial charge in [-0.2, -0.15) is 0 Å². The van der Waals surface area contributed by atoms with Gasteiger partial charge in [-0.25, -0.2) is 0 Å². The molecule has 0 saturated carbocycles. The highest BCUT2D eigenvalue weighted by atomic mass is 16.5. The summed E-state index contributed by atoms with van der Waals surface area (Å²) < 4.78 is 17.5. The van der Waals surface area contributed by atoms with Crippen molar-refractivity contribution < 1.29 is 13.9 Å². The molecule has 2 aromatic carbocycles. The molecular formula is C24H25NO4. The van der Waals surface area contributed by atoms with Gasteiger partial charge in [0.1, 0.15) is 22.6 Å². The molecule has 5 heteroatoms. The van der Waals surface area contributed by atoms with Crippen molar-refractivity contribution >= 4 is 16.5 Å². The molecule has 2 heterocycles. The molecule has 3 aromatic rings. The molecule has 0 N–H and O–H groups in total. The molecule has 0 aliphatic carbocycles. The van der Waals surface area contributed by atoms with Gasteiger partial charge < -0.3 is 18.8 Å². The Morgan fingerprint density at radius 1 is 1.03 bits per heavy atom. The van der Waals surface area contributed by atoms with Crippen LogP contribution in [0.15, 0.2) is 51.7 Å². The van der Waals surface area contributed by atoms with E-state index >= 15 is 0 Å². The minimum absolute atomic E-state index is 0.129. The van der Waals surface area contributed by atoms with Gasteiger partial charge in [-0.1, -0.05) is 35.9 Å². The SMILES string of the molecule is COc1cc(OC)c2c(=O)cc(-c3ccc(C)cc3)oc2c1C1=CCN(C)CC1. The van der Waals surface area contributed by atoms with Crippen molar-refractivity contribution in [2.24, 2.45) is 0 Å². The Bertz CT molecular complexity index is 1140. The average molecular weight is 391 g/mol. The van der Waals surface area contributed by atoms with E-state index in [4.69, 9.17) is 13.9 Å². The molecule has 1 aliphatic heterocycles. The van der Waals surface area contributed by atoms with Gasteiger partial charge in [-0.3, -0.25) is 4.79 Å². The molecule has 0 atom stereocenters. The lowest BCUT2D eigenvalue weighted by molar-refractivity contribution is 0.368. The molecule has 1 aromatic heterocycles. The Kier molecular flexibility index (Phi) is 5.16. The first kappa shape index (κ1) is 19.3. The third-order valence-electron chi connectivity index (χ3n) is 5.44. The third kappa shape index (κ3) is 3.54. The molecule has 5 nitrogen and oxygen atoms in total. The lowest BCUT2D eigenvalue weighted by atomic mass is 9.95. The minimum Gasteiger partial charge on any atom is -0.496 e. The van der Waals surface area contributed by atoms with Crippen molar-refractivity contribution in [2.75, 3.05) is 34.4 Å². The van der Waals surface area contributed by atoms with Crippen LogP contribution in [-0.2, 0) is 0 Å². The summed E-state index contributed by atoms with van der Waals surface area (Å²) in [6, 6.07) is 11.3. The van der Waals surface area contributed by atoms with Crippen LogP contribution in [0.1, 0.15) is 17.5 Å². The fourth-order valence-electron chi connectivity index (χ4n) is 3.76. The number of hydrogen-bond donors (Lipinski definition) is 0. The summed E-state index contributed by atoms with van der Waals surface area (Å²) in [4.78, 5) is 15.3. The van der Waals surface area contributed by atoms with E-state index in [0.717, 1.165) is 41.8 Å². The van der Waals surface area contributed by atoms with E-state index in [1.54, 1.807) is 20.3 Å². The van der Waals surface area contributed by atoms with E-state index in [1.165, 1.54) is 6.07 Å². The van der Waals surface area contributed by atoms with Crippen LogP contribution >= 0.6 is 0 Å². The molecule has 0 saturated heterocycles. The maximum absolute atomic E-state index is 13.1. The van der Waals surface area contributed by atoms with Crippen molar-refractivity contribution in [3.63, 3.8) is 0 Å². The number of hydrogen-bond acceptors (Lipinski definition) is 5. The number of fused-ring (bicyclic) bond motifs is 1. The minimum atomic E-state index is -0.129. The monoisotopic (exact) mass is 391 g/mol. The predicted octanol–water partition coefficient (Wildman–Crippen LogP) is 4.50. The molecule has 0 unspecified atom stereocenters. The molecule has 29 heavy (non-hydrogen) atoms. The van der Waals surface area contributed by atoms with Crippen LogP contribution in [0.4, 0.5) is 0 Å². The number of methoxy groups -OCH3 is 2. The first-order chi connectivity index (χ1) is 14.0. The van der Waals surface area contributed by atoms with Crippen LogP contribution < -0.4 is 14.9 Å². The van der Waals surface area contributed by atoms with Gasteiger partial charge in [-0.15, -0.1) is 0 Å². The summed E-state index contributed by atoms with van der Waals surface area (Å²) in [6.45, 7) is 3.80. The second-order valence-corrected chi connectivity index (χ2v) is 7.44. The first-order valence-corrected chi connectivity index (χ1v) is 9.69. The van der Waals surface area contributed by atoms with Crippen LogP contribution in [0.2, 0.25) is 0 Å². The van der Waals surface area contributed by atoms with E-state index < -0.39 is 0 Å². The summed E-state index contributed by atoms with van der Waals surface area (Å²) in [5.41, 5.74) is 4.35. The largest absolute Gasteiger partial charge is 0.496 e. The molecule has 150 valence electrons. The van der Waals surface area contributed by atoms with Gasteiger partial charge in [0.15, 0.2) is 11.0 Å². The van der Waals surface area contributed by atoms with Gasteiger partial charge in [0.2, 0.25) is 0 Å². The van der Waals surface area contributed by atoms with Crippen molar-refractivity contribution in [1.29, 1.82) is 0 Å². The van der Waals surface area contributed by atoms with Crippen LogP contribution in [0.25, 0.3) is 27.9 Å². The summed E-state index contributed by atoms with van der Waals surface area (Å²) >= 11 is 0. The zero-order valence-electron chi connectivity index (χ0n) is 17.2. The van der Waals surface area contributed by atoms with Gasteiger partial charge in [0.25, 0.3) is 0 Å². The van der Waals surface area contributed by atoms with Crippen LogP contribution in [0.5, 0.6) is 11.5 Å². The number of benzene rings is 2. The molecule has 0 amide bonds. The first-order valence-electron chi connectivity index (χ1n) is 9.69. The summed E-state index contributed by atoms with van der Waals surface area (Å²) in [5, 5.41) is 0.444. The van der Waals surface area contributed by atoms with Crippen molar-refractivity contribution in [3.05, 3.63) is 63.8 Å². The van der Waals surface area contributed by atoms with Crippen molar-refractivity contribution in [1.82, 2.24) is 4.90 Å². The maximum atomic E-state index is 13.1. The Morgan fingerprint density at radius 2 is 1.76 bits per heavy atom. The standard InChI is InChI=1S/C24H25NO4/c1-15-5-7-16(8-6-15)19-13-18(26)23-21(28-4)14-20(27-3)22(24(23)29-19)17-9-11-25(2)12-10-17/h5-9,13-14H,10-12H2,1-4H3. The van der Waals surface area contributed by atoms with Gasteiger partial charge in [0, 0.05) is 30.8 Å². The zero-order valence-corrected chi connectivity index (χ0v) is 17.2. The molecular weight excluding hydrogens is 366 g/mol. The number of likely N-dealkylation sites (N-methyl/N-ethyl adjacent to an activating group) is 1. The topological polar surface area (TPSA) is 51.9 Å². The lowest BCUT2D eigenvalue weighted by Gasteiger charge is -2.24. The number of rotatable bonds is 4. The maximum Gasteiger partial charge on any atom is 0.197 e. The highest BCUT2D eigenvalue weighted by Gasteiger charge is 2.23. The molecule has 0 radical (unpaired) electrons. The summed E-state index contributed by atoms with van der Waals surface area (Å²) in [5.74, 6) is 1.64. The van der Waals surface area contributed by atoms with E-state index in [1.807, 2.05) is 31.2 Å². The quantitative estimate of drug-likeness (QED) is 0.655. The van der Waals surface area contributed by atoms with E-state index in [0.29, 0.717) is 28.2 Å². The Labute approximate surface area is 170 Å². The van der Waals surface area contributed by atoms with Crippen molar-refractivity contribution in [3.8, 4) is 22.8 Å². The Hall–Kier alpha value is -3.05. The van der Waals surface area contributed by atoms with E-state index in [9.17, 15) is 4.79 Å². The average Bonchev–Trinajstić information content (AvgIpc) is 2.73. The lowest BCUT2D eigenvalue weighted by Crippen LogP contribution is -2.24. The molecule has 1 aliphatic rings. The predicted molar refractivity (Wildman–Crippen MR) is 116 cm³/mol. The van der Waals surface area contributed by atoms with Gasteiger partial charge >= 0.3 is 0 Å². The van der Waals surface area contributed by atoms with Crippen LogP contribution in [0, 0.1) is 6.92 Å². The number of aryl methyl sites for hydroxylation is 1. The fraction of sp³-hybridized carbons (Fsp3) is 0.292. The summed E-state index contributed by atoms with van der Waals surface area (Å²) in [7, 11) is 5.27. The molecule has 0 spiro atoms. The second kappa shape index (κ2) is 7.76. The zero-order chi connectivity index (χ0) is 20.5. The molecule has 0 fully saturated rings. The van der Waals surface area contributed by atoms with Crippen LogP contribution in [0.3, 0.4) is 0 Å². The highest BCUT2D eigenvalue weighted by Crippen LogP contribution is 2.41. The van der Waals surface area contributed by atoms with E-state index in [-0.39, 0.29) is 5.43 Å². The smallest absolute Gasteiger partial charge is 0.197 e. The summed E-state index contributed by atoms with van der Waals surface area (Å²) in [6.07, 6.45) is 3.03. The Balaban J connectivity index is 2.04. The van der Waals surface area contributed by atoms with Crippen molar-refractivity contribution in [2.45, 2.75) is 13.3 Å². The van der Waals surface area contributed by atoms with E-state index in [2.05, 4.69) is 18.0 Å². The van der Waals surface area contributed by atoms with Crippen LogP contribution in [-0.4, -0.2) is 39.3 Å². The normalized spacial score (nSPS) is 14.7. The fourth-order valence-corrected chi connectivity index (χ4v) is 3.76.